The number of carbonyl (C=O) groups is 1. The van der Waals surface area contributed by atoms with Crippen molar-refractivity contribution < 1.29 is 13.9 Å². The Morgan fingerprint density at radius 2 is 2.00 bits per heavy atom. The van der Waals surface area contributed by atoms with Crippen LogP contribution in [0.1, 0.15) is 27.8 Å². The van der Waals surface area contributed by atoms with Crippen molar-refractivity contribution in [3.05, 3.63) is 59.5 Å². The van der Waals surface area contributed by atoms with Gasteiger partial charge in [-0.2, -0.15) is 0 Å². The highest BCUT2D eigenvalue weighted by Gasteiger charge is 2.28. The molecule has 0 amide bonds. The molecule has 3 nitrogen and oxygen atoms in total. The van der Waals surface area contributed by atoms with E-state index in [4.69, 9.17) is 9.15 Å². The third kappa shape index (κ3) is 1.41. The van der Waals surface area contributed by atoms with Crippen LogP contribution in [0.5, 0.6) is 0 Å². The molecule has 0 saturated heterocycles. The smallest absolute Gasteiger partial charge is 0.339 e. The Morgan fingerprint density at radius 1 is 1.12 bits per heavy atom. The van der Waals surface area contributed by atoms with Crippen molar-refractivity contribution in [3.63, 3.8) is 0 Å². The lowest BCUT2D eigenvalue weighted by Gasteiger charge is -2.22. The number of fused-ring (bicyclic) bond motifs is 1. The molecule has 1 unspecified atom stereocenters. The SMILES string of the molecule is O=C1OC(c2ccco2)Cc2ccccc21. The summed E-state index contributed by atoms with van der Waals surface area (Å²) in [4.78, 5) is 11.7. The number of carbonyl (C=O) groups excluding carboxylic acids is 1. The molecule has 80 valence electrons. The molecule has 2 heterocycles. The van der Waals surface area contributed by atoms with E-state index in [0.717, 1.165) is 5.56 Å². The summed E-state index contributed by atoms with van der Waals surface area (Å²) in [6, 6.07) is 11.1. The molecule has 1 aromatic carbocycles. The van der Waals surface area contributed by atoms with Crippen LogP contribution in [0.2, 0.25) is 0 Å². The number of benzene rings is 1. The highest BCUT2D eigenvalue weighted by Crippen LogP contribution is 2.30. The lowest BCUT2D eigenvalue weighted by atomic mass is 9.98. The first kappa shape index (κ1) is 9.21. The minimum absolute atomic E-state index is 0.275. The van der Waals surface area contributed by atoms with E-state index in [0.29, 0.717) is 17.7 Å². The molecule has 2 aromatic rings. The summed E-state index contributed by atoms with van der Waals surface area (Å²) in [5.41, 5.74) is 1.67. The molecule has 0 fully saturated rings. The Labute approximate surface area is 92.6 Å². The van der Waals surface area contributed by atoms with Gasteiger partial charge in [0.05, 0.1) is 11.8 Å². The minimum Gasteiger partial charge on any atom is -0.465 e. The first-order valence-electron chi connectivity index (χ1n) is 5.17. The van der Waals surface area contributed by atoms with Crippen LogP contribution >= 0.6 is 0 Å². The van der Waals surface area contributed by atoms with E-state index >= 15 is 0 Å². The van der Waals surface area contributed by atoms with Crippen molar-refractivity contribution in [3.8, 4) is 0 Å². The van der Waals surface area contributed by atoms with Crippen molar-refractivity contribution in [1.82, 2.24) is 0 Å². The second-order valence-corrected chi connectivity index (χ2v) is 3.77. The van der Waals surface area contributed by atoms with Crippen molar-refractivity contribution in [2.75, 3.05) is 0 Å². The zero-order valence-electron chi connectivity index (χ0n) is 8.55. The monoisotopic (exact) mass is 214 g/mol. The van der Waals surface area contributed by atoms with Crippen LogP contribution in [0.25, 0.3) is 0 Å². The Morgan fingerprint density at radius 3 is 2.81 bits per heavy atom. The van der Waals surface area contributed by atoms with Gasteiger partial charge in [0.15, 0.2) is 6.10 Å². The zero-order chi connectivity index (χ0) is 11.0. The minimum atomic E-state index is -0.294. The van der Waals surface area contributed by atoms with Crippen LogP contribution in [0.15, 0.2) is 47.1 Å². The van der Waals surface area contributed by atoms with Gasteiger partial charge in [-0.15, -0.1) is 0 Å². The van der Waals surface area contributed by atoms with Crippen LogP contribution in [0, 0.1) is 0 Å². The van der Waals surface area contributed by atoms with Gasteiger partial charge in [-0.1, -0.05) is 18.2 Å². The van der Waals surface area contributed by atoms with Gasteiger partial charge >= 0.3 is 5.97 Å². The molecule has 0 saturated carbocycles. The number of ether oxygens (including phenoxy) is 1. The Balaban J connectivity index is 1.98. The van der Waals surface area contributed by atoms with E-state index in [9.17, 15) is 4.79 Å². The van der Waals surface area contributed by atoms with E-state index in [1.807, 2.05) is 24.3 Å². The first-order chi connectivity index (χ1) is 7.84. The summed E-state index contributed by atoms with van der Waals surface area (Å²) >= 11 is 0. The molecular weight excluding hydrogens is 204 g/mol. The number of hydrogen-bond donors (Lipinski definition) is 0. The van der Waals surface area contributed by atoms with Crippen LogP contribution < -0.4 is 0 Å². The van der Waals surface area contributed by atoms with Crippen LogP contribution in [-0.2, 0) is 11.2 Å². The lowest BCUT2D eigenvalue weighted by molar-refractivity contribution is 0.0199. The van der Waals surface area contributed by atoms with Crippen molar-refractivity contribution >= 4 is 5.97 Å². The number of hydrogen-bond acceptors (Lipinski definition) is 3. The molecular formula is C13H10O3. The van der Waals surface area contributed by atoms with Crippen molar-refractivity contribution in [2.45, 2.75) is 12.5 Å². The molecule has 1 aliphatic rings. The predicted molar refractivity (Wildman–Crippen MR) is 57.0 cm³/mol. The second kappa shape index (κ2) is 3.52. The van der Waals surface area contributed by atoms with Gasteiger partial charge in [0, 0.05) is 6.42 Å². The molecule has 0 aliphatic carbocycles. The van der Waals surface area contributed by atoms with Crippen LogP contribution in [0.4, 0.5) is 0 Å². The van der Waals surface area contributed by atoms with Crippen LogP contribution in [-0.4, -0.2) is 5.97 Å². The average Bonchev–Trinajstić information content (AvgIpc) is 2.82. The third-order valence-electron chi connectivity index (χ3n) is 2.75. The maximum atomic E-state index is 11.7. The van der Waals surface area contributed by atoms with E-state index in [2.05, 4.69) is 0 Å². The lowest BCUT2D eigenvalue weighted by Crippen LogP contribution is -2.21. The zero-order valence-corrected chi connectivity index (χ0v) is 8.55. The van der Waals surface area contributed by atoms with Gasteiger partial charge in [-0.05, 0) is 23.8 Å². The molecule has 0 bridgehead atoms. The highest BCUT2D eigenvalue weighted by molar-refractivity contribution is 5.92. The Bertz CT molecular complexity index is 514. The van der Waals surface area contributed by atoms with E-state index in [-0.39, 0.29) is 12.1 Å². The van der Waals surface area contributed by atoms with Gasteiger partial charge in [-0.3, -0.25) is 0 Å². The largest absolute Gasteiger partial charge is 0.465 e. The molecule has 1 atom stereocenters. The van der Waals surface area contributed by atoms with Gasteiger partial charge in [0.25, 0.3) is 0 Å². The summed E-state index contributed by atoms with van der Waals surface area (Å²) in [5.74, 6) is 0.422. The number of furan rings is 1. The number of rotatable bonds is 1. The Kier molecular flexibility index (Phi) is 2.03. The standard InChI is InChI=1S/C13H10O3/c14-13-10-5-2-1-4-9(10)8-12(16-13)11-6-3-7-15-11/h1-7,12H,8H2. The maximum Gasteiger partial charge on any atom is 0.339 e. The number of cyclic esters (lactones) is 1. The molecule has 0 N–H and O–H groups in total. The fourth-order valence-electron chi connectivity index (χ4n) is 1.96. The molecule has 3 rings (SSSR count). The van der Waals surface area contributed by atoms with E-state index in [1.165, 1.54) is 0 Å². The maximum absolute atomic E-state index is 11.7. The van der Waals surface area contributed by atoms with E-state index < -0.39 is 0 Å². The quantitative estimate of drug-likeness (QED) is 0.685. The molecule has 0 radical (unpaired) electrons. The van der Waals surface area contributed by atoms with Gasteiger partial charge in [-0.25, -0.2) is 4.79 Å². The number of esters is 1. The summed E-state index contributed by atoms with van der Waals surface area (Å²) in [6.07, 6.45) is 1.97. The predicted octanol–water partition coefficient (Wildman–Crippen LogP) is 2.73. The summed E-state index contributed by atoms with van der Waals surface area (Å²) in [5, 5.41) is 0. The summed E-state index contributed by atoms with van der Waals surface area (Å²) in [7, 11) is 0. The van der Waals surface area contributed by atoms with Gasteiger partial charge < -0.3 is 9.15 Å². The Hall–Kier alpha value is -2.03. The van der Waals surface area contributed by atoms with Crippen molar-refractivity contribution in [2.24, 2.45) is 0 Å². The fraction of sp³-hybridized carbons (Fsp3) is 0.154. The molecule has 1 aliphatic heterocycles. The molecule has 3 heteroatoms. The second-order valence-electron chi connectivity index (χ2n) is 3.77. The summed E-state index contributed by atoms with van der Waals surface area (Å²) in [6.45, 7) is 0. The van der Waals surface area contributed by atoms with Gasteiger partial charge in [0.2, 0.25) is 0 Å². The normalized spacial score (nSPS) is 19.0. The molecule has 0 spiro atoms. The molecule has 16 heavy (non-hydrogen) atoms. The fourth-order valence-corrected chi connectivity index (χ4v) is 1.96. The van der Waals surface area contributed by atoms with E-state index in [1.54, 1.807) is 18.4 Å². The summed E-state index contributed by atoms with van der Waals surface area (Å²) < 4.78 is 10.6. The molecule has 1 aromatic heterocycles. The first-order valence-corrected chi connectivity index (χ1v) is 5.17. The average molecular weight is 214 g/mol. The van der Waals surface area contributed by atoms with Crippen LogP contribution in [0.3, 0.4) is 0 Å². The van der Waals surface area contributed by atoms with Gasteiger partial charge in [0.1, 0.15) is 5.76 Å². The highest BCUT2D eigenvalue weighted by atomic mass is 16.6. The third-order valence-corrected chi connectivity index (χ3v) is 2.75. The topological polar surface area (TPSA) is 39.4 Å². The van der Waals surface area contributed by atoms with Crippen molar-refractivity contribution in [1.29, 1.82) is 0 Å².